The van der Waals surface area contributed by atoms with Gasteiger partial charge in [-0.3, -0.25) is 14.4 Å². The van der Waals surface area contributed by atoms with E-state index in [2.05, 4.69) is 21.3 Å². The zero-order valence-corrected chi connectivity index (χ0v) is 17.3. The van der Waals surface area contributed by atoms with E-state index in [0.29, 0.717) is 18.5 Å². The summed E-state index contributed by atoms with van der Waals surface area (Å²) in [5, 5.41) is 47.5. The van der Waals surface area contributed by atoms with E-state index >= 15 is 0 Å². The lowest BCUT2D eigenvalue weighted by molar-refractivity contribution is -0.142. The van der Waals surface area contributed by atoms with E-state index in [4.69, 9.17) is 0 Å². The number of nitrogens with one attached hydrogen (secondary N) is 4. The summed E-state index contributed by atoms with van der Waals surface area (Å²) in [6.07, 6.45) is 1.29. The van der Waals surface area contributed by atoms with Crippen LogP contribution in [0.25, 0.3) is 0 Å². The largest absolute Gasteiger partial charge is 0.508 e. The summed E-state index contributed by atoms with van der Waals surface area (Å²) in [6, 6.07) is 1.05. The number of hydrogen-bond acceptors (Lipinski definition) is 8. The highest BCUT2D eigenvalue weighted by Crippen LogP contribution is 2.11. The maximum atomic E-state index is 12.5. The Balaban J connectivity index is 1.96. The summed E-state index contributed by atoms with van der Waals surface area (Å²) in [7, 11) is 0. The van der Waals surface area contributed by atoms with Crippen molar-refractivity contribution in [3.63, 3.8) is 0 Å². The van der Waals surface area contributed by atoms with Crippen molar-refractivity contribution in [3.05, 3.63) is 29.8 Å². The minimum atomic E-state index is -1.50. The van der Waals surface area contributed by atoms with Gasteiger partial charge in [0.05, 0.1) is 19.3 Å². The lowest BCUT2D eigenvalue weighted by Crippen LogP contribution is -2.59. The first-order valence-electron chi connectivity index (χ1n) is 10.1. The molecule has 1 aliphatic rings. The van der Waals surface area contributed by atoms with Gasteiger partial charge in [0.25, 0.3) is 0 Å². The highest BCUT2D eigenvalue weighted by molar-refractivity contribution is 5.94. The molecule has 1 fully saturated rings. The van der Waals surface area contributed by atoms with Gasteiger partial charge in [-0.05, 0) is 37.1 Å². The lowest BCUT2D eigenvalue weighted by atomic mass is 10.1. The van der Waals surface area contributed by atoms with Crippen molar-refractivity contribution in [2.45, 2.75) is 43.4 Å². The van der Waals surface area contributed by atoms with Crippen LogP contribution in [-0.4, -0.2) is 88.0 Å². The molecule has 12 nitrogen and oxygen atoms in total. The van der Waals surface area contributed by atoms with Crippen molar-refractivity contribution in [3.8, 4) is 5.75 Å². The number of phenolic OH excluding ortho intramolecular Hbond substituents is 1. The average Bonchev–Trinajstić information content (AvgIpc) is 3.31. The molecule has 4 atom stereocenters. The molecule has 12 heteroatoms. The first-order valence-corrected chi connectivity index (χ1v) is 10.1. The van der Waals surface area contributed by atoms with Crippen LogP contribution in [0.2, 0.25) is 0 Å². The standard InChI is InChI=1S/C20H28N4O8/c25-9-15(24-19(30)16(10-26)23-17(28)13-2-1-7-21-13)18(29)22-14(20(31)32)8-11-3-5-12(27)6-4-11/h3-6,13-16,21,25-27H,1-2,7-10H2,(H,22,29)(H,23,28)(H,24,30)(H,31,32). The molecule has 0 aromatic heterocycles. The molecule has 0 saturated carbocycles. The predicted octanol–water partition coefficient (Wildman–Crippen LogP) is -2.79. The summed E-state index contributed by atoms with van der Waals surface area (Å²) in [5.41, 5.74) is 0.531. The maximum Gasteiger partial charge on any atom is 0.326 e. The molecule has 0 bridgehead atoms. The van der Waals surface area contributed by atoms with Crippen LogP contribution in [0.4, 0.5) is 0 Å². The van der Waals surface area contributed by atoms with Crippen LogP contribution in [0.5, 0.6) is 5.75 Å². The number of aliphatic carboxylic acids is 1. The zero-order chi connectivity index (χ0) is 23.7. The number of hydrogen-bond donors (Lipinski definition) is 8. The smallest absolute Gasteiger partial charge is 0.326 e. The molecule has 1 aromatic carbocycles. The molecule has 1 heterocycles. The SMILES string of the molecule is O=C(O)C(Cc1ccc(O)cc1)NC(=O)C(CO)NC(=O)C(CO)NC(=O)C1CCCN1. The minimum Gasteiger partial charge on any atom is -0.508 e. The van der Waals surface area contributed by atoms with Crippen molar-refractivity contribution in [1.29, 1.82) is 0 Å². The minimum absolute atomic E-state index is 0.00181. The molecule has 1 saturated heterocycles. The predicted molar refractivity (Wildman–Crippen MR) is 110 cm³/mol. The topological polar surface area (TPSA) is 197 Å². The Bertz CT molecular complexity index is 810. The molecule has 0 radical (unpaired) electrons. The third-order valence-corrected chi connectivity index (χ3v) is 5.00. The third kappa shape index (κ3) is 7.18. The van der Waals surface area contributed by atoms with Crippen molar-refractivity contribution in [2.24, 2.45) is 0 Å². The Morgan fingerprint density at radius 3 is 2.00 bits per heavy atom. The number of phenols is 1. The quantitative estimate of drug-likeness (QED) is 0.175. The fourth-order valence-electron chi connectivity index (χ4n) is 3.18. The number of rotatable bonds is 11. The van der Waals surface area contributed by atoms with Crippen LogP contribution in [0.15, 0.2) is 24.3 Å². The van der Waals surface area contributed by atoms with Gasteiger partial charge in [-0.25, -0.2) is 4.79 Å². The van der Waals surface area contributed by atoms with Crippen LogP contribution < -0.4 is 21.3 Å². The summed E-state index contributed by atoms with van der Waals surface area (Å²) in [5.74, 6) is -3.66. The van der Waals surface area contributed by atoms with Crippen LogP contribution in [0.1, 0.15) is 18.4 Å². The second kappa shape index (κ2) is 12.0. The van der Waals surface area contributed by atoms with Gasteiger partial charge in [0.1, 0.15) is 23.9 Å². The highest BCUT2D eigenvalue weighted by atomic mass is 16.4. The number of amides is 3. The van der Waals surface area contributed by atoms with Gasteiger partial charge in [-0.2, -0.15) is 0 Å². The molecule has 0 aliphatic carbocycles. The Morgan fingerprint density at radius 1 is 0.938 bits per heavy atom. The number of aromatic hydroxyl groups is 1. The van der Waals surface area contributed by atoms with E-state index in [-0.39, 0.29) is 12.2 Å². The summed E-state index contributed by atoms with van der Waals surface area (Å²) < 4.78 is 0. The average molecular weight is 452 g/mol. The number of carboxylic acid groups (broad SMARTS) is 1. The number of aliphatic hydroxyl groups excluding tert-OH is 2. The number of benzene rings is 1. The zero-order valence-electron chi connectivity index (χ0n) is 17.3. The van der Waals surface area contributed by atoms with E-state index in [0.717, 1.165) is 6.42 Å². The van der Waals surface area contributed by atoms with E-state index in [1.54, 1.807) is 0 Å². The number of carbonyl (C=O) groups is 4. The van der Waals surface area contributed by atoms with E-state index in [9.17, 15) is 39.6 Å². The monoisotopic (exact) mass is 452 g/mol. The van der Waals surface area contributed by atoms with Gasteiger partial charge in [-0.1, -0.05) is 12.1 Å². The first kappa shape index (κ1) is 25.0. The second-order valence-electron chi connectivity index (χ2n) is 7.41. The van der Waals surface area contributed by atoms with Gasteiger partial charge in [0, 0.05) is 6.42 Å². The molecule has 4 unspecified atom stereocenters. The molecule has 176 valence electrons. The summed E-state index contributed by atoms with van der Waals surface area (Å²) in [4.78, 5) is 48.6. The molecule has 32 heavy (non-hydrogen) atoms. The number of carbonyl (C=O) groups excluding carboxylic acids is 3. The van der Waals surface area contributed by atoms with Crippen molar-refractivity contribution in [1.82, 2.24) is 21.3 Å². The van der Waals surface area contributed by atoms with Crippen molar-refractivity contribution >= 4 is 23.7 Å². The molecular formula is C20H28N4O8. The lowest BCUT2D eigenvalue weighted by Gasteiger charge is -2.23. The van der Waals surface area contributed by atoms with E-state index in [1.807, 2.05) is 0 Å². The summed E-state index contributed by atoms with van der Waals surface area (Å²) >= 11 is 0. The second-order valence-corrected chi connectivity index (χ2v) is 7.41. The van der Waals surface area contributed by atoms with Crippen molar-refractivity contribution < 1.29 is 39.6 Å². The number of aliphatic hydroxyl groups is 2. The Morgan fingerprint density at radius 2 is 1.50 bits per heavy atom. The van der Waals surface area contributed by atoms with E-state index in [1.165, 1.54) is 24.3 Å². The fourth-order valence-corrected chi connectivity index (χ4v) is 3.18. The van der Waals surface area contributed by atoms with Crippen LogP contribution >= 0.6 is 0 Å². The van der Waals surface area contributed by atoms with Gasteiger partial charge < -0.3 is 41.7 Å². The molecule has 0 spiro atoms. The molecule has 2 rings (SSSR count). The Hall–Kier alpha value is -3.22. The Kier molecular flexibility index (Phi) is 9.38. The molecule has 3 amide bonds. The summed E-state index contributed by atoms with van der Waals surface area (Å²) in [6.45, 7) is -0.905. The van der Waals surface area contributed by atoms with E-state index < -0.39 is 61.1 Å². The van der Waals surface area contributed by atoms with Crippen LogP contribution in [0.3, 0.4) is 0 Å². The van der Waals surface area contributed by atoms with Crippen LogP contribution in [-0.2, 0) is 25.6 Å². The maximum absolute atomic E-state index is 12.5. The third-order valence-electron chi connectivity index (χ3n) is 5.00. The highest BCUT2D eigenvalue weighted by Gasteiger charge is 2.31. The fraction of sp³-hybridized carbons (Fsp3) is 0.500. The molecule has 1 aliphatic heterocycles. The van der Waals surface area contributed by atoms with Crippen molar-refractivity contribution in [2.75, 3.05) is 19.8 Å². The van der Waals surface area contributed by atoms with Gasteiger partial charge >= 0.3 is 5.97 Å². The van der Waals surface area contributed by atoms with Crippen LogP contribution in [0, 0.1) is 0 Å². The van der Waals surface area contributed by atoms with Gasteiger partial charge in [-0.15, -0.1) is 0 Å². The molecule has 8 N–H and O–H groups in total. The normalized spacial score (nSPS) is 18.2. The van der Waals surface area contributed by atoms with Gasteiger partial charge in [0.2, 0.25) is 17.7 Å². The number of carboxylic acids is 1. The molecular weight excluding hydrogens is 424 g/mol. The molecule has 1 aromatic rings. The first-order chi connectivity index (χ1) is 15.2. The Labute approximate surface area is 184 Å². The van der Waals surface area contributed by atoms with Gasteiger partial charge in [0.15, 0.2) is 0 Å².